The smallest absolute Gasteiger partial charge is 0.459 e. The van der Waals surface area contributed by atoms with Crippen LogP contribution in [0.15, 0.2) is 38.6 Å². The van der Waals surface area contributed by atoms with E-state index in [9.17, 15) is 4.79 Å². The molecule has 0 saturated heterocycles. The number of hydrogen-bond donors (Lipinski definition) is 1. The lowest BCUT2D eigenvalue weighted by Gasteiger charge is -2.32. The summed E-state index contributed by atoms with van der Waals surface area (Å²) in [4.78, 5) is 28.6. The number of rotatable bonds is 6. The summed E-state index contributed by atoms with van der Waals surface area (Å²) < 4.78 is 12.6. The summed E-state index contributed by atoms with van der Waals surface area (Å²) in [6, 6.07) is 8.75. The van der Waals surface area contributed by atoms with Crippen molar-refractivity contribution in [3.05, 3.63) is 57.6 Å². The number of aliphatic imine (C=N–C) groups is 1. The van der Waals surface area contributed by atoms with Crippen LogP contribution in [0, 0.1) is 12.8 Å². The van der Waals surface area contributed by atoms with Crippen LogP contribution in [0.25, 0.3) is 0 Å². The number of hydrogen-bond acceptors (Lipinski definition) is 8. The Morgan fingerprint density at radius 3 is 2.47 bits per heavy atom. The summed E-state index contributed by atoms with van der Waals surface area (Å²) in [6.45, 7) is 5.79. The predicted octanol–water partition coefficient (Wildman–Crippen LogP) is 4.64. The lowest BCUT2D eigenvalue weighted by atomic mass is 9.77. The number of nitrogens with zero attached hydrogens (tertiary/aromatic N) is 5. The number of aromatic nitrogens is 4. The highest BCUT2D eigenvalue weighted by molar-refractivity contribution is 6.09. The van der Waals surface area contributed by atoms with Crippen molar-refractivity contribution >= 4 is 17.2 Å². The lowest BCUT2D eigenvalue weighted by Crippen LogP contribution is -2.41. The molecule has 2 aromatic heterocycles. The molecular formula is C27H34N6O3. The summed E-state index contributed by atoms with van der Waals surface area (Å²) in [5, 5.41) is 0. The van der Waals surface area contributed by atoms with Gasteiger partial charge in [-0.2, -0.15) is 14.7 Å². The van der Waals surface area contributed by atoms with Gasteiger partial charge < -0.3 is 15.0 Å². The Balaban J connectivity index is 1.21. The molecule has 0 atom stereocenters. The van der Waals surface area contributed by atoms with Gasteiger partial charge >= 0.3 is 5.76 Å². The van der Waals surface area contributed by atoms with Gasteiger partial charge in [0.1, 0.15) is 17.2 Å². The van der Waals surface area contributed by atoms with E-state index in [1.807, 2.05) is 13.8 Å². The Bertz CT molecular complexity index is 1330. The topological polar surface area (TPSA) is 121 Å². The maximum Gasteiger partial charge on any atom is 0.459 e. The van der Waals surface area contributed by atoms with Crippen LogP contribution in [0.2, 0.25) is 0 Å². The molecule has 5 rings (SSSR count). The average Bonchev–Trinajstić information content (AvgIpc) is 3.15. The lowest BCUT2D eigenvalue weighted by molar-refractivity contribution is 0.171. The molecule has 2 N–H and O–H groups in total. The van der Waals surface area contributed by atoms with Crippen molar-refractivity contribution in [3.8, 4) is 5.88 Å². The molecule has 3 heterocycles. The monoisotopic (exact) mass is 490 g/mol. The fraction of sp³-hybridized carbons (Fsp3) is 0.519. The Kier molecular flexibility index (Phi) is 6.40. The van der Waals surface area contributed by atoms with Crippen molar-refractivity contribution in [2.24, 2.45) is 18.0 Å². The molecule has 1 aromatic carbocycles. The molecule has 0 unspecified atom stereocenters. The third kappa shape index (κ3) is 4.92. The van der Waals surface area contributed by atoms with Crippen molar-refractivity contribution in [3.63, 3.8) is 0 Å². The van der Waals surface area contributed by atoms with Crippen LogP contribution in [-0.4, -0.2) is 31.0 Å². The second kappa shape index (κ2) is 9.52. The van der Waals surface area contributed by atoms with Crippen LogP contribution in [-0.2, 0) is 13.5 Å². The summed E-state index contributed by atoms with van der Waals surface area (Å²) >= 11 is 0. The molecule has 9 nitrogen and oxygen atoms in total. The van der Waals surface area contributed by atoms with Gasteiger partial charge in [0.05, 0.1) is 5.71 Å². The van der Waals surface area contributed by atoms with E-state index in [1.165, 1.54) is 36.0 Å². The molecule has 9 heteroatoms. The first-order valence-electron chi connectivity index (χ1n) is 12.8. The fourth-order valence-corrected chi connectivity index (χ4v) is 5.51. The van der Waals surface area contributed by atoms with Crippen LogP contribution in [0.1, 0.15) is 81.1 Å². The number of aryl methyl sites for hydroxylation is 3. The number of nitrogens with two attached hydrogens (primary N) is 1. The maximum absolute atomic E-state index is 11.2. The van der Waals surface area contributed by atoms with E-state index in [0.717, 1.165) is 42.3 Å². The SMILES string of the molecule is Cc1nc(N)c2c(n1)OC(C)(C)C(c1ccc(C3CCC(CCCc4nc(=O)on4C)CC3)cc1)=N2. The number of anilines is 1. The highest BCUT2D eigenvalue weighted by Gasteiger charge is 2.35. The molecule has 190 valence electrons. The molecule has 3 aromatic rings. The van der Waals surface area contributed by atoms with E-state index < -0.39 is 11.4 Å². The first-order valence-corrected chi connectivity index (χ1v) is 12.8. The first-order chi connectivity index (χ1) is 17.2. The Labute approximate surface area is 210 Å². The van der Waals surface area contributed by atoms with Crippen LogP contribution in [0.5, 0.6) is 5.88 Å². The van der Waals surface area contributed by atoms with Crippen molar-refractivity contribution < 1.29 is 9.26 Å². The average molecular weight is 491 g/mol. The van der Waals surface area contributed by atoms with Gasteiger partial charge in [-0.15, -0.1) is 0 Å². The van der Waals surface area contributed by atoms with Crippen LogP contribution >= 0.6 is 0 Å². The van der Waals surface area contributed by atoms with E-state index in [4.69, 9.17) is 20.0 Å². The second-order valence-corrected chi connectivity index (χ2v) is 10.5. The van der Waals surface area contributed by atoms with Crippen LogP contribution < -0.4 is 16.2 Å². The summed E-state index contributed by atoms with van der Waals surface area (Å²) in [5.41, 5.74) is 9.21. The van der Waals surface area contributed by atoms with Gasteiger partial charge in [0.25, 0.3) is 0 Å². The molecule has 0 radical (unpaired) electrons. The molecule has 1 aliphatic carbocycles. The normalized spacial score (nSPS) is 20.9. The minimum Gasteiger partial charge on any atom is -0.463 e. The van der Waals surface area contributed by atoms with Crippen molar-refractivity contribution in [2.45, 2.75) is 77.2 Å². The summed E-state index contributed by atoms with van der Waals surface area (Å²) in [7, 11) is 1.73. The fourth-order valence-electron chi connectivity index (χ4n) is 5.51. The number of fused-ring (bicyclic) bond motifs is 1. The van der Waals surface area contributed by atoms with E-state index in [1.54, 1.807) is 14.0 Å². The zero-order valence-electron chi connectivity index (χ0n) is 21.5. The van der Waals surface area contributed by atoms with Crippen LogP contribution in [0.3, 0.4) is 0 Å². The zero-order valence-corrected chi connectivity index (χ0v) is 21.5. The predicted molar refractivity (Wildman–Crippen MR) is 138 cm³/mol. The molecule has 1 aliphatic heterocycles. The van der Waals surface area contributed by atoms with Crippen LogP contribution in [0.4, 0.5) is 11.5 Å². The molecule has 0 bridgehead atoms. The number of ether oxygens (including phenoxy) is 1. The van der Waals surface area contributed by atoms with Gasteiger partial charge in [-0.1, -0.05) is 30.7 Å². The minimum absolute atomic E-state index is 0.337. The Morgan fingerprint density at radius 2 is 1.81 bits per heavy atom. The van der Waals surface area contributed by atoms with E-state index in [-0.39, 0.29) is 0 Å². The van der Waals surface area contributed by atoms with Gasteiger partial charge in [-0.3, -0.25) is 0 Å². The zero-order chi connectivity index (χ0) is 25.4. The van der Waals surface area contributed by atoms with E-state index in [2.05, 4.69) is 39.2 Å². The Morgan fingerprint density at radius 1 is 1.08 bits per heavy atom. The first kappa shape index (κ1) is 24.2. The molecular weight excluding hydrogens is 456 g/mol. The van der Waals surface area contributed by atoms with E-state index >= 15 is 0 Å². The molecule has 1 saturated carbocycles. The molecule has 2 aliphatic rings. The van der Waals surface area contributed by atoms with Crippen molar-refractivity contribution in [2.75, 3.05) is 5.73 Å². The maximum atomic E-state index is 11.2. The van der Waals surface area contributed by atoms with Gasteiger partial charge in [0.2, 0.25) is 5.88 Å². The molecule has 0 spiro atoms. The quantitative estimate of drug-likeness (QED) is 0.534. The highest BCUT2D eigenvalue weighted by Crippen LogP contribution is 2.41. The standard InChI is InChI=1S/C27H34N6O3/c1-16-29-24(28)22-25(30-16)35-27(2,3)23(32-22)20-14-12-19(13-15-20)18-10-8-17(9-11-18)6-5-7-21-31-26(34)36-33(21)4/h12-15,17-18H,5-11H2,1-4H3,(H2,28,29,30). The molecule has 0 amide bonds. The van der Waals surface area contributed by atoms with Crippen molar-refractivity contribution in [1.29, 1.82) is 0 Å². The largest absolute Gasteiger partial charge is 0.463 e. The third-order valence-electron chi connectivity index (χ3n) is 7.45. The molecule has 36 heavy (non-hydrogen) atoms. The molecule has 1 fully saturated rings. The summed E-state index contributed by atoms with van der Waals surface area (Å²) in [5.74, 6) is 2.88. The second-order valence-electron chi connectivity index (χ2n) is 10.5. The van der Waals surface area contributed by atoms with Gasteiger partial charge in [-0.25, -0.2) is 14.8 Å². The van der Waals surface area contributed by atoms with Gasteiger partial charge in [0, 0.05) is 19.0 Å². The number of benzene rings is 1. The Hall–Kier alpha value is -3.49. The number of nitrogen functional groups attached to an aromatic ring is 1. The van der Waals surface area contributed by atoms with Gasteiger partial charge in [0.15, 0.2) is 11.5 Å². The van der Waals surface area contributed by atoms with E-state index in [0.29, 0.717) is 29.1 Å². The highest BCUT2D eigenvalue weighted by atomic mass is 16.5. The minimum atomic E-state index is -0.627. The third-order valence-corrected chi connectivity index (χ3v) is 7.45. The summed E-state index contributed by atoms with van der Waals surface area (Å²) in [6.07, 6.45) is 7.83. The van der Waals surface area contributed by atoms with Crippen molar-refractivity contribution in [1.82, 2.24) is 19.7 Å². The van der Waals surface area contributed by atoms with Gasteiger partial charge in [-0.05, 0) is 70.3 Å².